The predicted molar refractivity (Wildman–Crippen MR) is 69.1 cm³/mol. The molecule has 0 heterocycles. The summed E-state index contributed by atoms with van der Waals surface area (Å²) < 4.78 is 11.3. The van der Waals surface area contributed by atoms with Gasteiger partial charge in [0.25, 0.3) is 0 Å². The van der Waals surface area contributed by atoms with Gasteiger partial charge in [-0.25, -0.2) is 0 Å². The van der Waals surface area contributed by atoms with Crippen molar-refractivity contribution in [3.63, 3.8) is 0 Å². The molecule has 1 aromatic rings. The van der Waals surface area contributed by atoms with Crippen LogP contribution in [0, 0.1) is 0 Å². The third-order valence-electron chi connectivity index (χ3n) is 2.06. The molecular weight excluding hydrogens is 216 g/mol. The van der Waals surface area contributed by atoms with Gasteiger partial charge < -0.3 is 8.85 Å². The summed E-state index contributed by atoms with van der Waals surface area (Å²) in [6.07, 6.45) is 2.14. The first-order valence-corrected chi connectivity index (χ1v) is 6.95. The van der Waals surface area contributed by atoms with E-state index in [0.717, 1.165) is 0 Å². The summed E-state index contributed by atoms with van der Waals surface area (Å²) in [5.41, 5.74) is 1.20. The van der Waals surface area contributed by atoms with Gasteiger partial charge in [0.2, 0.25) is 0 Å². The van der Waals surface area contributed by atoms with Crippen LogP contribution in [0.25, 0.3) is 6.08 Å². The van der Waals surface area contributed by atoms with Gasteiger partial charge in [-0.15, -0.1) is 0 Å². The monoisotopic (exact) mass is 235 g/mol. The highest BCUT2D eigenvalue weighted by Gasteiger charge is 2.16. The van der Waals surface area contributed by atoms with Crippen molar-refractivity contribution in [2.24, 2.45) is 0 Å². The Balaban J connectivity index is 2.73. The third-order valence-corrected chi connectivity index (χ3v) is 3.95. The van der Waals surface area contributed by atoms with Gasteiger partial charge >= 0.3 is 9.28 Å². The Morgan fingerprint density at radius 2 is 1.69 bits per heavy atom. The van der Waals surface area contributed by atoms with Gasteiger partial charge in [-0.2, -0.15) is 0 Å². The predicted octanol–water partition coefficient (Wildman–Crippen LogP) is 3.19. The lowest BCUT2D eigenvalue weighted by atomic mass is 10.2. The molecule has 0 aromatic heterocycles. The highest BCUT2D eigenvalue weighted by Crippen LogP contribution is 2.10. The Morgan fingerprint density at radius 3 is 2.19 bits per heavy atom. The summed E-state index contributed by atoms with van der Waals surface area (Å²) in [7, 11) is -1.26. The molecule has 3 heteroatoms. The highest BCUT2D eigenvalue weighted by atomic mass is 28.3. The van der Waals surface area contributed by atoms with Crippen molar-refractivity contribution in [2.75, 3.05) is 13.2 Å². The van der Waals surface area contributed by atoms with Gasteiger partial charge in [0.1, 0.15) is 0 Å². The topological polar surface area (TPSA) is 18.5 Å². The maximum atomic E-state index is 5.63. The van der Waals surface area contributed by atoms with E-state index < -0.39 is 9.28 Å². The van der Waals surface area contributed by atoms with Crippen LogP contribution in [0.4, 0.5) is 0 Å². The van der Waals surface area contributed by atoms with Crippen molar-refractivity contribution < 1.29 is 8.85 Å². The van der Waals surface area contributed by atoms with E-state index in [0.29, 0.717) is 13.2 Å². The normalized spacial score (nSPS) is 12.1. The van der Waals surface area contributed by atoms with Crippen LogP contribution < -0.4 is 0 Å². The zero-order valence-corrected chi connectivity index (χ0v) is 11.2. The van der Waals surface area contributed by atoms with Gasteiger partial charge in [-0.1, -0.05) is 36.4 Å². The molecule has 0 aliphatic carbocycles. The van der Waals surface area contributed by atoms with E-state index in [-0.39, 0.29) is 0 Å². The molecule has 0 saturated heterocycles. The number of hydrogen-bond acceptors (Lipinski definition) is 2. The van der Waals surface area contributed by atoms with Crippen molar-refractivity contribution in [3.05, 3.63) is 41.1 Å². The lowest BCUT2D eigenvalue weighted by Crippen LogP contribution is -2.24. The first-order chi connectivity index (χ1) is 7.77. The Hall–Kier alpha value is -0.903. The number of benzene rings is 1. The van der Waals surface area contributed by atoms with E-state index in [9.17, 15) is 0 Å². The molecule has 0 aliphatic rings. The Labute approximate surface area is 99.7 Å². The van der Waals surface area contributed by atoms with E-state index in [1.807, 2.05) is 32.0 Å². The zero-order chi connectivity index (χ0) is 11.8. The highest BCUT2D eigenvalue weighted by molar-refractivity contribution is 6.54. The summed E-state index contributed by atoms with van der Waals surface area (Å²) in [6, 6.07) is 10.3. The minimum atomic E-state index is -1.26. The van der Waals surface area contributed by atoms with E-state index in [4.69, 9.17) is 8.85 Å². The molecule has 0 aliphatic heterocycles. The standard InChI is InChI=1S/C13H19O2Si/c1-4-14-16(15-5-2)12(3)11-13-9-7-6-8-10-13/h6-11H,4-5H2,1-3H3. The molecule has 16 heavy (non-hydrogen) atoms. The fraction of sp³-hybridized carbons (Fsp3) is 0.385. The van der Waals surface area contributed by atoms with Crippen LogP contribution >= 0.6 is 0 Å². The number of allylic oxidation sites excluding steroid dienone is 1. The Morgan fingerprint density at radius 1 is 1.12 bits per heavy atom. The van der Waals surface area contributed by atoms with Gasteiger partial charge in [-0.05, 0) is 31.5 Å². The summed E-state index contributed by atoms with van der Waals surface area (Å²) in [5.74, 6) is 0. The fourth-order valence-corrected chi connectivity index (χ4v) is 2.74. The van der Waals surface area contributed by atoms with E-state index in [1.165, 1.54) is 10.8 Å². The summed E-state index contributed by atoms with van der Waals surface area (Å²) in [4.78, 5) is 0. The summed E-state index contributed by atoms with van der Waals surface area (Å²) in [5, 5.41) is 1.19. The average Bonchev–Trinajstić information content (AvgIpc) is 2.30. The lowest BCUT2D eigenvalue weighted by molar-refractivity contribution is 0.221. The van der Waals surface area contributed by atoms with Crippen LogP contribution in [-0.2, 0) is 8.85 Å². The van der Waals surface area contributed by atoms with E-state index in [1.54, 1.807) is 0 Å². The smallest absolute Gasteiger partial charge is 0.390 e. The molecule has 0 fully saturated rings. The molecular formula is C13H19O2Si. The molecule has 0 N–H and O–H groups in total. The molecule has 0 amide bonds. The molecule has 1 aromatic carbocycles. The van der Waals surface area contributed by atoms with Crippen LogP contribution in [0.2, 0.25) is 0 Å². The van der Waals surface area contributed by atoms with E-state index in [2.05, 4.69) is 25.1 Å². The van der Waals surface area contributed by atoms with Crippen LogP contribution in [0.1, 0.15) is 26.3 Å². The maximum absolute atomic E-state index is 5.63. The minimum absolute atomic E-state index is 0.703. The summed E-state index contributed by atoms with van der Waals surface area (Å²) >= 11 is 0. The second-order valence-corrected chi connectivity index (χ2v) is 5.33. The lowest BCUT2D eigenvalue weighted by Gasteiger charge is -2.13. The van der Waals surface area contributed by atoms with Gasteiger partial charge in [0, 0.05) is 13.2 Å². The first-order valence-electron chi connectivity index (χ1n) is 5.64. The molecule has 0 bridgehead atoms. The molecule has 2 nitrogen and oxygen atoms in total. The molecule has 0 saturated carbocycles. The van der Waals surface area contributed by atoms with Crippen molar-refractivity contribution in [3.8, 4) is 0 Å². The van der Waals surface area contributed by atoms with Crippen molar-refractivity contribution in [1.82, 2.24) is 0 Å². The number of hydrogen-bond donors (Lipinski definition) is 0. The Kier molecular flexibility index (Phi) is 6.07. The fourth-order valence-electron chi connectivity index (χ4n) is 1.39. The number of rotatable bonds is 6. The SMILES string of the molecule is CCO[Si](OCC)C(C)=Cc1ccccc1. The average molecular weight is 235 g/mol. The third kappa shape index (κ3) is 4.31. The largest absolute Gasteiger partial charge is 0.418 e. The van der Waals surface area contributed by atoms with Gasteiger partial charge in [0.15, 0.2) is 0 Å². The molecule has 1 radical (unpaired) electrons. The first kappa shape index (κ1) is 13.2. The molecule has 87 valence electrons. The zero-order valence-electron chi connectivity index (χ0n) is 10.2. The van der Waals surface area contributed by atoms with Crippen LogP contribution in [0.5, 0.6) is 0 Å². The second kappa shape index (κ2) is 7.38. The van der Waals surface area contributed by atoms with Gasteiger partial charge in [0.05, 0.1) is 0 Å². The van der Waals surface area contributed by atoms with Crippen molar-refractivity contribution in [2.45, 2.75) is 20.8 Å². The molecule has 0 spiro atoms. The minimum Gasteiger partial charge on any atom is -0.390 e. The van der Waals surface area contributed by atoms with Crippen LogP contribution in [-0.4, -0.2) is 22.5 Å². The second-order valence-electron chi connectivity index (χ2n) is 3.39. The van der Waals surface area contributed by atoms with Crippen LogP contribution in [0.15, 0.2) is 35.5 Å². The quantitative estimate of drug-likeness (QED) is 0.705. The molecule has 0 atom stereocenters. The van der Waals surface area contributed by atoms with E-state index >= 15 is 0 Å². The van der Waals surface area contributed by atoms with Crippen molar-refractivity contribution >= 4 is 15.4 Å². The van der Waals surface area contributed by atoms with Crippen molar-refractivity contribution in [1.29, 1.82) is 0 Å². The maximum Gasteiger partial charge on any atom is 0.418 e. The van der Waals surface area contributed by atoms with Gasteiger partial charge in [-0.3, -0.25) is 0 Å². The summed E-state index contributed by atoms with van der Waals surface area (Å²) in [6.45, 7) is 7.48. The molecule has 0 unspecified atom stereocenters. The van der Waals surface area contributed by atoms with Crippen LogP contribution in [0.3, 0.4) is 0 Å². The molecule has 1 rings (SSSR count). The Bertz CT molecular complexity index is 316.